The molecule has 1 aromatic rings. The minimum absolute atomic E-state index is 0.243. The summed E-state index contributed by atoms with van der Waals surface area (Å²) in [5, 5.41) is 23.8. The molecule has 0 spiro atoms. The van der Waals surface area contributed by atoms with E-state index in [0.717, 1.165) is 0 Å². The van der Waals surface area contributed by atoms with Crippen molar-refractivity contribution in [2.45, 2.75) is 32.9 Å². The molecule has 0 fully saturated rings. The fourth-order valence-corrected chi connectivity index (χ4v) is 1.45. The normalized spacial score (nSPS) is 10.7. The first-order valence-electron chi connectivity index (χ1n) is 6.85. The molecule has 0 unspecified atom stereocenters. The molecule has 1 aromatic carbocycles. The van der Waals surface area contributed by atoms with Gasteiger partial charge in [-0.15, -0.1) is 0 Å². The summed E-state index contributed by atoms with van der Waals surface area (Å²) in [5.41, 5.74) is -3.36. The molecule has 0 aliphatic carbocycles. The molecule has 0 bridgehead atoms. The number of halogens is 3. The van der Waals surface area contributed by atoms with Gasteiger partial charge in [-0.1, -0.05) is 13.8 Å². The van der Waals surface area contributed by atoms with Gasteiger partial charge in [0.15, 0.2) is 0 Å². The van der Waals surface area contributed by atoms with E-state index in [9.17, 15) is 33.4 Å². The van der Waals surface area contributed by atoms with Crippen molar-refractivity contribution in [1.29, 1.82) is 0 Å². The van der Waals surface area contributed by atoms with Crippen molar-refractivity contribution < 1.29 is 23.0 Å². The van der Waals surface area contributed by atoms with Crippen molar-refractivity contribution >= 4 is 11.4 Å². The molecule has 0 saturated heterocycles. The Morgan fingerprint density at radius 3 is 1.61 bits per heavy atom. The second-order valence-electron chi connectivity index (χ2n) is 4.50. The molecule has 1 rings (SSSR count). The van der Waals surface area contributed by atoms with Crippen LogP contribution in [0.25, 0.3) is 0 Å². The predicted molar refractivity (Wildman–Crippen MR) is 78.2 cm³/mol. The van der Waals surface area contributed by atoms with E-state index in [1.165, 1.54) is 25.9 Å². The topological polar surface area (TPSA) is 98.3 Å². The van der Waals surface area contributed by atoms with Crippen LogP contribution in [0.4, 0.5) is 24.5 Å². The molecule has 0 aromatic heterocycles. The maximum atomic E-state index is 12.2. The van der Waals surface area contributed by atoms with E-state index >= 15 is 0 Å². The lowest BCUT2D eigenvalue weighted by atomic mass is 10.1. The average molecular weight is 337 g/mol. The molecule has 0 aliphatic rings. The lowest BCUT2D eigenvalue weighted by Gasteiger charge is -2.05. The predicted octanol–water partition coefficient (Wildman–Crippen LogP) is 3.92. The van der Waals surface area contributed by atoms with Crippen molar-refractivity contribution in [3.63, 3.8) is 0 Å². The Hall–Kier alpha value is -2.23. The zero-order valence-electron chi connectivity index (χ0n) is 12.7. The highest BCUT2D eigenvalue weighted by Gasteiger charge is 2.34. The summed E-state index contributed by atoms with van der Waals surface area (Å²) >= 11 is 0. The smallest absolute Gasteiger partial charge is 0.317 e. The minimum atomic E-state index is -4.86. The molecule has 0 aliphatic heterocycles. The van der Waals surface area contributed by atoms with Crippen LogP contribution in [0.2, 0.25) is 0 Å². The molecule has 1 N–H and O–H groups in total. The van der Waals surface area contributed by atoms with Gasteiger partial charge in [-0.25, -0.2) is 0 Å². The van der Waals surface area contributed by atoms with Gasteiger partial charge in [0.2, 0.25) is 0 Å². The van der Waals surface area contributed by atoms with Crippen molar-refractivity contribution in [3.8, 4) is 0 Å². The number of non-ortho nitro benzene ring substituents is 2. The van der Waals surface area contributed by atoms with Gasteiger partial charge in [-0.05, 0) is 25.9 Å². The van der Waals surface area contributed by atoms with Crippen molar-refractivity contribution in [2.75, 3.05) is 13.1 Å². The van der Waals surface area contributed by atoms with Crippen LogP contribution in [-0.4, -0.2) is 22.9 Å². The third-order valence-electron chi connectivity index (χ3n) is 2.51. The van der Waals surface area contributed by atoms with Crippen LogP contribution in [0, 0.1) is 20.2 Å². The Labute approximate surface area is 130 Å². The first-order chi connectivity index (χ1) is 10.6. The number of alkyl halides is 3. The van der Waals surface area contributed by atoms with Crippen LogP contribution in [0.1, 0.15) is 32.3 Å². The van der Waals surface area contributed by atoms with Crippen LogP contribution in [0.5, 0.6) is 0 Å². The molecule has 0 saturated carbocycles. The van der Waals surface area contributed by atoms with Crippen molar-refractivity contribution in [1.82, 2.24) is 5.32 Å². The van der Waals surface area contributed by atoms with Crippen molar-refractivity contribution in [2.24, 2.45) is 0 Å². The van der Waals surface area contributed by atoms with Gasteiger partial charge in [0.25, 0.3) is 11.4 Å². The second-order valence-corrected chi connectivity index (χ2v) is 4.50. The summed E-state index contributed by atoms with van der Waals surface area (Å²) in [6.07, 6.45) is -2.36. The number of benzene rings is 1. The van der Waals surface area contributed by atoms with E-state index in [1.54, 1.807) is 0 Å². The molecular formula is C13H18F3N3O4. The van der Waals surface area contributed by atoms with E-state index < -0.39 is 33.0 Å². The standard InChI is InChI=1S/C7H3F3N2O4.C6H15N/c8-7(9,10)4-1-5(11(13)14)3-6(2-4)12(15)16;1-3-5-7-6-4-2/h1-3H;7H,3-6H2,1-2H3. The second kappa shape index (κ2) is 9.72. The molecule has 0 radical (unpaired) electrons. The number of nitro benzene ring substituents is 2. The number of nitrogens with zero attached hydrogens (tertiary/aromatic N) is 2. The SMILES string of the molecule is CCCNCCC.O=[N+]([O-])c1cc([N+](=O)[O-])cc(C(F)(F)F)c1. The quantitative estimate of drug-likeness (QED) is 0.482. The lowest BCUT2D eigenvalue weighted by molar-refractivity contribution is -0.394. The summed E-state index contributed by atoms with van der Waals surface area (Å²) < 4.78 is 36.7. The summed E-state index contributed by atoms with van der Waals surface area (Å²) in [6, 6.07) is 0.954. The van der Waals surface area contributed by atoms with Gasteiger partial charge < -0.3 is 5.32 Å². The van der Waals surface area contributed by atoms with Crippen LogP contribution in [0.15, 0.2) is 18.2 Å². The van der Waals surface area contributed by atoms with Gasteiger partial charge >= 0.3 is 6.18 Å². The highest BCUT2D eigenvalue weighted by atomic mass is 19.4. The van der Waals surface area contributed by atoms with Crippen molar-refractivity contribution in [3.05, 3.63) is 44.0 Å². The van der Waals surface area contributed by atoms with E-state index in [0.29, 0.717) is 6.07 Å². The number of nitrogens with one attached hydrogen (secondary N) is 1. The number of nitro groups is 2. The van der Waals surface area contributed by atoms with E-state index in [-0.39, 0.29) is 12.1 Å². The Kier molecular flexibility index (Phi) is 8.78. The number of hydrogen-bond donors (Lipinski definition) is 1. The Morgan fingerprint density at radius 2 is 1.35 bits per heavy atom. The highest BCUT2D eigenvalue weighted by molar-refractivity contribution is 5.47. The first kappa shape index (κ1) is 20.8. The third kappa shape index (κ3) is 8.10. The molecule has 130 valence electrons. The fraction of sp³-hybridized carbons (Fsp3) is 0.538. The summed E-state index contributed by atoms with van der Waals surface area (Å²) in [5.74, 6) is 0. The largest absolute Gasteiger partial charge is 0.416 e. The third-order valence-corrected chi connectivity index (χ3v) is 2.51. The Balaban J connectivity index is 0.000000585. The van der Waals surface area contributed by atoms with E-state index in [4.69, 9.17) is 0 Å². The van der Waals surface area contributed by atoms with Gasteiger partial charge in [0, 0.05) is 12.1 Å². The zero-order valence-corrected chi connectivity index (χ0v) is 12.7. The molecule has 0 heterocycles. The molecular weight excluding hydrogens is 319 g/mol. The van der Waals surface area contributed by atoms with Crippen LogP contribution in [-0.2, 0) is 6.18 Å². The molecule has 23 heavy (non-hydrogen) atoms. The summed E-state index contributed by atoms with van der Waals surface area (Å²) in [6.45, 7) is 6.72. The maximum absolute atomic E-state index is 12.2. The van der Waals surface area contributed by atoms with E-state index in [2.05, 4.69) is 19.2 Å². The van der Waals surface area contributed by atoms with Gasteiger partial charge in [0.1, 0.15) is 0 Å². The first-order valence-corrected chi connectivity index (χ1v) is 6.85. The highest BCUT2D eigenvalue weighted by Crippen LogP contribution is 2.34. The zero-order chi connectivity index (χ0) is 18.0. The monoisotopic (exact) mass is 337 g/mol. The molecule has 0 atom stereocenters. The maximum Gasteiger partial charge on any atom is 0.416 e. The Bertz CT molecular complexity index is 499. The van der Waals surface area contributed by atoms with Crippen LogP contribution < -0.4 is 5.32 Å². The molecule has 7 nitrogen and oxygen atoms in total. The summed E-state index contributed by atoms with van der Waals surface area (Å²) in [7, 11) is 0. The number of rotatable bonds is 6. The summed E-state index contributed by atoms with van der Waals surface area (Å²) in [4.78, 5) is 18.3. The number of hydrogen-bond acceptors (Lipinski definition) is 5. The van der Waals surface area contributed by atoms with Gasteiger partial charge in [0.05, 0.1) is 21.5 Å². The van der Waals surface area contributed by atoms with Gasteiger partial charge in [-0.3, -0.25) is 20.2 Å². The fourth-order valence-electron chi connectivity index (χ4n) is 1.45. The minimum Gasteiger partial charge on any atom is -0.317 e. The van der Waals surface area contributed by atoms with Crippen LogP contribution >= 0.6 is 0 Å². The van der Waals surface area contributed by atoms with Crippen LogP contribution in [0.3, 0.4) is 0 Å². The van der Waals surface area contributed by atoms with E-state index in [1.807, 2.05) is 0 Å². The average Bonchev–Trinajstić information content (AvgIpc) is 2.47. The molecule has 10 heteroatoms. The Morgan fingerprint density at radius 1 is 0.957 bits per heavy atom. The molecule has 0 amide bonds. The van der Waals surface area contributed by atoms with Gasteiger partial charge in [-0.2, -0.15) is 13.2 Å². The lowest BCUT2D eigenvalue weighted by Crippen LogP contribution is -2.14.